The number of rotatable bonds is 7. The molecule has 0 aliphatic rings. The Hall–Kier alpha value is -1.62. The van der Waals surface area contributed by atoms with E-state index >= 15 is 0 Å². The molecule has 0 aromatic carbocycles. The van der Waals surface area contributed by atoms with Gasteiger partial charge in [0.05, 0.1) is 24.3 Å². The van der Waals surface area contributed by atoms with Crippen molar-refractivity contribution >= 4 is 0 Å². The van der Waals surface area contributed by atoms with Crippen LogP contribution in [0.1, 0.15) is 37.1 Å². The van der Waals surface area contributed by atoms with E-state index in [1.165, 1.54) is 5.56 Å². The molecule has 0 amide bonds. The largest absolute Gasteiger partial charge is 0.340 e. The predicted octanol–water partition coefficient (Wildman–Crippen LogP) is 1.83. The highest BCUT2D eigenvalue weighted by atomic mass is 15.2. The van der Waals surface area contributed by atoms with E-state index in [0.717, 1.165) is 31.5 Å². The zero-order valence-corrected chi connectivity index (χ0v) is 12.0. The van der Waals surface area contributed by atoms with Crippen molar-refractivity contribution in [2.75, 3.05) is 6.54 Å². The average Bonchev–Trinajstić information content (AvgIpc) is 2.99. The van der Waals surface area contributed by atoms with Crippen molar-refractivity contribution in [3.63, 3.8) is 0 Å². The maximum atomic E-state index is 4.47. The number of nitrogens with one attached hydrogen (secondary N) is 1. The van der Waals surface area contributed by atoms with Crippen LogP contribution >= 0.6 is 0 Å². The van der Waals surface area contributed by atoms with Gasteiger partial charge in [0.15, 0.2) is 0 Å². The summed E-state index contributed by atoms with van der Waals surface area (Å²) in [5.74, 6) is 0. The summed E-state index contributed by atoms with van der Waals surface area (Å²) in [6, 6.07) is 0.321. The van der Waals surface area contributed by atoms with Gasteiger partial charge in [-0.1, -0.05) is 6.92 Å². The van der Waals surface area contributed by atoms with Crippen LogP contribution in [-0.4, -0.2) is 25.9 Å². The molecule has 1 unspecified atom stereocenters. The standard InChI is InChI=1S/C14H23N5/c1-4-7-15-13(14-10-18(2)11-16-14)6-5-12-8-17-19(3)9-12/h8-11,13,15H,4-7H2,1-3H3. The van der Waals surface area contributed by atoms with Gasteiger partial charge in [0.1, 0.15) is 0 Å². The number of aryl methyl sites for hydroxylation is 3. The molecule has 5 heteroatoms. The minimum Gasteiger partial charge on any atom is -0.340 e. The molecule has 0 fully saturated rings. The molecule has 2 aromatic rings. The first kappa shape index (κ1) is 13.8. The van der Waals surface area contributed by atoms with Crippen LogP contribution in [0.2, 0.25) is 0 Å². The van der Waals surface area contributed by atoms with Gasteiger partial charge in [-0.2, -0.15) is 5.10 Å². The molecule has 0 aliphatic carbocycles. The van der Waals surface area contributed by atoms with Crippen LogP contribution in [0.4, 0.5) is 0 Å². The lowest BCUT2D eigenvalue weighted by atomic mass is 10.1. The van der Waals surface area contributed by atoms with Gasteiger partial charge >= 0.3 is 0 Å². The highest BCUT2D eigenvalue weighted by Crippen LogP contribution is 2.17. The first-order valence-electron chi connectivity index (χ1n) is 6.87. The summed E-state index contributed by atoms with van der Waals surface area (Å²) in [6.45, 7) is 3.21. The minimum absolute atomic E-state index is 0.321. The fraction of sp³-hybridized carbons (Fsp3) is 0.571. The zero-order chi connectivity index (χ0) is 13.7. The molecule has 1 atom stereocenters. The summed E-state index contributed by atoms with van der Waals surface area (Å²) in [5, 5.41) is 7.78. The molecule has 5 nitrogen and oxygen atoms in total. The quantitative estimate of drug-likeness (QED) is 0.827. The van der Waals surface area contributed by atoms with Gasteiger partial charge in [-0.3, -0.25) is 4.68 Å². The number of imidazole rings is 1. The van der Waals surface area contributed by atoms with E-state index < -0.39 is 0 Å². The Bertz CT molecular complexity index is 499. The lowest BCUT2D eigenvalue weighted by Gasteiger charge is -2.15. The van der Waals surface area contributed by atoms with Crippen LogP contribution in [-0.2, 0) is 20.5 Å². The van der Waals surface area contributed by atoms with Crippen LogP contribution < -0.4 is 5.32 Å². The molecule has 0 spiro atoms. The molecule has 2 heterocycles. The number of hydrogen-bond donors (Lipinski definition) is 1. The van der Waals surface area contributed by atoms with E-state index in [4.69, 9.17) is 0 Å². The van der Waals surface area contributed by atoms with Crippen LogP contribution in [0, 0.1) is 0 Å². The Kier molecular flexibility index (Phi) is 4.74. The third kappa shape index (κ3) is 3.92. The van der Waals surface area contributed by atoms with Gasteiger partial charge in [-0.25, -0.2) is 4.98 Å². The van der Waals surface area contributed by atoms with E-state index in [-0.39, 0.29) is 0 Å². The molecule has 0 bridgehead atoms. The van der Waals surface area contributed by atoms with Crippen LogP contribution in [0.15, 0.2) is 24.9 Å². The summed E-state index contributed by atoms with van der Waals surface area (Å²) < 4.78 is 3.85. The van der Waals surface area contributed by atoms with Crippen LogP contribution in [0.3, 0.4) is 0 Å². The van der Waals surface area contributed by atoms with E-state index in [2.05, 4.69) is 34.7 Å². The van der Waals surface area contributed by atoms with Crippen molar-refractivity contribution in [3.05, 3.63) is 36.2 Å². The third-order valence-corrected chi connectivity index (χ3v) is 3.20. The van der Waals surface area contributed by atoms with Crippen molar-refractivity contribution in [3.8, 4) is 0 Å². The van der Waals surface area contributed by atoms with Crippen LogP contribution in [0.5, 0.6) is 0 Å². The molecule has 104 valence electrons. The van der Waals surface area contributed by atoms with E-state index in [1.807, 2.05) is 35.9 Å². The summed E-state index contributed by atoms with van der Waals surface area (Å²) in [7, 11) is 3.96. The van der Waals surface area contributed by atoms with Crippen LogP contribution in [0.25, 0.3) is 0 Å². The first-order valence-corrected chi connectivity index (χ1v) is 6.87. The van der Waals surface area contributed by atoms with Gasteiger partial charge in [-0.15, -0.1) is 0 Å². The molecule has 0 radical (unpaired) electrons. The highest BCUT2D eigenvalue weighted by Gasteiger charge is 2.13. The van der Waals surface area contributed by atoms with Crippen molar-refractivity contribution in [2.45, 2.75) is 32.2 Å². The second-order valence-corrected chi connectivity index (χ2v) is 5.03. The Balaban J connectivity index is 1.97. The highest BCUT2D eigenvalue weighted by molar-refractivity contribution is 5.08. The van der Waals surface area contributed by atoms with Crippen molar-refractivity contribution < 1.29 is 0 Å². The SMILES string of the molecule is CCCNC(CCc1cnn(C)c1)c1cn(C)cn1. The smallest absolute Gasteiger partial charge is 0.0947 e. The first-order chi connectivity index (χ1) is 9.19. The molecular formula is C14H23N5. The van der Waals surface area contributed by atoms with Crippen molar-refractivity contribution in [1.82, 2.24) is 24.6 Å². The predicted molar refractivity (Wildman–Crippen MR) is 75.8 cm³/mol. The van der Waals surface area contributed by atoms with Crippen molar-refractivity contribution in [2.24, 2.45) is 14.1 Å². The normalized spacial score (nSPS) is 12.8. The number of nitrogens with zero attached hydrogens (tertiary/aromatic N) is 4. The average molecular weight is 261 g/mol. The summed E-state index contributed by atoms with van der Waals surface area (Å²) in [5.41, 5.74) is 2.40. The molecular weight excluding hydrogens is 238 g/mol. The lowest BCUT2D eigenvalue weighted by Crippen LogP contribution is -2.23. The minimum atomic E-state index is 0.321. The fourth-order valence-electron chi connectivity index (χ4n) is 2.20. The Morgan fingerprint density at radius 3 is 2.74 bits per heavy atom. The molecule has 0 saturated carbocycles. The molecule has 0 saturated heterocycles. The molecule has 0 aliphatic heterocycles. The summed E-state index contributed by atoms with van der Waals surface area (Å²) >= 11 is 0. The zero-order valence-electron chi connectivity index (χ0n) is 12.0. The second-order valence-electron chi connectivity index (χ2n) is 5.03. The Morgan fingerprint density at radius 2 is 2.16 bits per heavy atom. The molecule has 2 aromatic heterocycles. The maximum absolute atomic E-state index is 4.47. The summed E-state index contributed by atoms with van der Waals surface area (Å²) in [6.07, 6.45) is 11.2. The topological polar surface area (TPSA) is 47.7 Å². The van der Waals surface area contributed by atoms with Gasteiger partial charge in [0, 0.05) is 26.5 Å². The van der Waals surface area contributed by atoms with Gasteiger partial charge < -0.3 is 9.88 Å². The Labute approximate surface area is 114 Å². The third-order valence-electron chi connectivity index (χ3n) is 3.20. The summed E-state index contributed by atoms with van der Waals surface area (Å²) in [4.78, 5) is 4.47. The Morgan fingerprint density at radius 1 is 1.32 bits per heavy atom. The van der Waals surface area contributed by atoms with E-state index in [0.29, 0.717) is 6.04 Å². The molecule has 2 rings (SSSR count). The van der Waals surface area contributed by atoms with Gasteiger partial charge in [0.25, 0.3) is 0 Å². The van der Waals surface area contributed by atoms with E-state index in [9.17, 15) is 0 Å². The van der Waals surface area contributed by atoms with Crippen molar-refractivity contribution in [1.29, 1.82) is 0 Å². The monoisotopic (exact) mass is 261 g/mol. The van der Waals surface area contributed by atoms with E-state index in [1.54, 1.807) is 0 Å². The number of aromatic nitrogens is 4. The van der Waals surface area contributed by atoms with Gasteiger partial charge in [-0.05, 0) is 31.4 Å². The molecule has 19 heavy (non-hydrogen) atoms. The molecule has 1 N–H and O–H groups in total. The van der Waals surface area contributed by atoms with Gasteiger partial charge in [0.2, 0.25) is 0 Å². The lowest BCUT2D eigenvalue weighted by molar-refractivity contribution is 0.490. The fourth-order valence-corrected chi connectivity index (χ4v) is 2.20. The second kappa shape index (κ2) is 6.52. The number of hydrogen-bond acceptors (Lipinski definition) is 3. The maximum Gasteiger partial charge on any atom is 0.0947 e.